The molecule has 1 saturated heterocycles. The number of aliphatic hydroxyl groups is 1. The molecular weight excluding hydrogens is 246 g/mol. The molecule has 1 aliphatic heterocycles. The molecule has 1 rings (SSSR count). The van der Waals surface area contributed by atoms with Gasteiger partial charge in [0.1, 0.15) is 0 Å². The number of likely N-dealkylation sites (tertiary alicyclic amines) is 1. The Bertz CT molecular complexity index is 308. The van der Waals surface area contributed by atoms with Gasteiger partial charge in [-0.2, -0.15) is 0 Å². The van der Waals surface area contributed by atoms with Gasteiger partial charge in [0, 0.05) is 33.1 Å². The van der Waals surface area contributed by atoms with E-state index in [2.05, 4.69) is 5.32 Å². The van der Waals surface area contributed by atoms with Crippen LogP contribution < -0.4 is 5.32 Å². The van der Waals surface area contributed by atoms with Crippen LogP contribution in [0.15, 0.2) is 0 Å². The Morgan fingerprint density at radius 2 is 1.95 bits per heavy atom. The molecule has 0 bridgehead atoms. The number of amides is 3. The van der Waals surface area contributed by atoms with E-state index in [1.165, 1.54) is 0 Å². The Morgan fingerprint density at radius 1 is 1.37 bits per heavy atom. The second kappa shape index (κ2) is 7.33. The Kier molecular flexibility index (Phi) is 6.08. The first kappa shape index (κ1) is 15.8. The summed E-state index contributed by atoms with van der Waals surface area (Å²) < 4.78 is 0. The van der Waals surface area contributed by atoms with Crippen LogP contribution in [0.4, 0.5) is 4.79 Å². The van der Waals surface area contributed by atoms with Gasteiger partial charge in [-0.05, 0) is 19.3 Å². The molecule has 0 aliphatic carbocycles. The summed E-state index contributed by atoms with van der Waals surface area (Å²) in [5.74, 6) is -0.0512. The maximum absolute atomic E-state index is 12.0. The predicted octanol–water partition coefficient (Wildman–Crippen LogP) is 0.267. The molecule has 0 saturated carbocycles. The second-order valence-corrected chi connectivity index (χ2v) is 5.23. The molecule has 0 spiro atoms. The van der Waals surface area contributed by atoms with Crippen LogP contribution in [-0.2, 0) is 4.79 Å². The molecule has 1 atom stereocenters. The minimum absolute atomic E-state index is 0.000603. The molecule has 19 heavy (non-hydrogen) atoms. The predicted molar refractivity (Wildman–Crippen MR) is 72.7 cm³/mol. The maximum atomic E-state index is 12.0. The van der Waals surface area contributed by atoms with Gasteiger partial charge < -0.3 is 20.2 Å². The molecule has 0 unspecified atom stereocenters. The summed E-state index contributed by atoms with van der Waals surface area (Å²) in [6, 6.07) is -0.158. The van der Waals surface area contributed by atoms with E-state index in [1.807, 2.05) is 6.92 Å². The molecule has 0 radical (unpaired) electrons. The summed E-state index contributed by atoms with van der Waals surface area (Å²) in [6.45, 7) is 3.13. The number of urea groups is 1. The van der Waals surface area contributed by atoms with Gasteiger partial charge in [0.25, 0.3) is 0 Å². The van der Waals surface area contributed by atoms with Crippen LogP contribution in [-0.4, -0.2) is 66.7 Å². The molecule has 1 fully saturated rings. The van der Waals surface area contributed by atoms with E-state index in [0.717, 1.165) is 6.42 Å². The van der Waals surface area contributed by atoms with Crippen LogP contribution in [0, 0.1) is 5.92 Å². The maximum Gasteiger partial charge on any atom is 0.319 e. The Morgan fingerprint density at radius 3 is 2.37 bits per heavy atom. The van der Waals surface area contributed by atoms with Crippen LogP contribution in [0.25, 0.3) is 0 Å². The smallest absolute Gasteiger partial charge is 0.319 e. The van der Waals surface area contributed by atoms with Crippen LogP contribution in [0.3, 0.4) is 0 Å². The highest BCUT2D eigenvalue weighted by Crippen LogP contribution is 2.18. The molecular formula is C13H25N3O3. The first-order chi connectivity index (χ1) is 8.99. The van der Waals surface area contributed by atoms with E-state index in [1.54, 1.807) is 23.9 Å². The highest BCUT2D eigenvalue weighted by Gasteiger charge is 2.28. The molecule has 3 amide bonds. The van der Waals surface area contributed by atoms with E-state index in [-0.39, 0.29) is 30.5 Å². The van der Waals surface area contributed by atoms with Crippen molar-refractivity contribution in [2.75, 3.05) is 33.8 Å². The van der Waals surface area contributed by atoms with Crippen molar-refractivity contribution in [3.63, 3.8) is 0 Å². The highest BCUT2D eigenvalue weighted by atomic mass is 16.3. The van der Waals surface area contributed by atoms with Crippen LogP contribution >= 0.6 is 0 Å². The first-order valence-corrected chi connectivity index (χ1v) is 6.87. The van der Waals surface area contributed by atoms with Crippen LogP contribution in [0.5, 0.6) is 0 Å². The molecule has 6 heteroatoms. The summed E-state index contributed by atoms with van der Waals surface area (Å²) in [4.78, 5) is 27.1. The van der Waals surface area contributed by atoms with Crippen LogP contribution in [0.1, 0.15) is 26.2 Å². The Balaban J connectivity index is 2.41. The zero-order chi connectivity index (χ0) is 14.4. The van der Waals surface area contributed by atoms with Crippen molar-refractivity contribution in [3.8, 4) is 0 Å². The zero-order valence-electron chi connectivity index (χ0n) is 12.1. The molecule has 0 aromatic carbocycles. The van der Waals surface area contributed by atoms with Crippen molar-refractivity contribution in [1.82, 2.24) is 15.1 Å². The number of nitrogens with one attached hydrogen (secondary N) is 1. The largest absolute Gasteiger partial charge is 0.394 e. The third-order valence-electron chi connectivity index (χ3n) is 3.58. The van der Waals surface area contributed by atoms with E-state index in [4.69, 9.17) is 5.11 Å². The fraction of sp³-hybridized carbons (Fsp3) is 0.846. The van der Waals surface area contributed by atoms with Crippen LogP contribution in [0.2, 0.25) is 0 Å². The molecule has 0 aromatic rings. The van der Waals surface area contributed by atoms with E-state index in [9.17, 15) is 9.59 Å². The molecule has 1 aliphatic rings. The third kappa shape index (κ3) is 4.38. The number of piperidine rings is 1. The lowest BCUT2D eigenvalue weighted by Crippen LogP contribution is -2.48. The van der Waals surface area contributed by atoms with Crippen molar-refractivity contribution in [2.24, 2.45) is 5.92 Å². The summed E-state index contributed by atoms with van der Waals surface area (Å²) in [6.07, 6.45) is 2.10. The lowest BCUT2D eigenvalue weighted by molar-refractivity contribution is -0.127. The van der Waals surface area contributed by atoms with Gasteiger partial charge in [-0.3, -0.25) is 4.79 Å². The molecule has 0 aromatic heterocycles. The van der Waals surface area contributed by atoms with E-state index in [0.29, 0.717) is 25.9 Å². The van der Waals surface area contributed by atoms with Crippen molar-refractivity contribution < 1.29 is 14.7 Å². The Labute approximate surface area is 114 Å². The third-order valence-corrected chi connectivity index (χ3v) is 3.58. The van der Waals surface area contributed by atoms with E-state index >= 15 is 0 Å². The van der Waals surface area contributed by atoms with Crippen molar-refractivity contribution >= 4 is 11.9 Å². The summed E-state index contributed by atoms with van der Waals surface area (Å²) in [5.41, 5.74) is 0. The first-order valence-electron chi connectivity index (χ1n) is 6.87. The average Bonchev–Trinajstić information content (AvgIpc) is 2.43. The number of hydrogen-bond donors (Lipinski definition) is 2. The van der Waals surface area contributed by atoms with Gasteiger partial charge in [0.2, 0.25) is 5.91 Å². The molecule has 2 N–H and O–H groups in total. The monoisotopic (exact) mass is 271 g/mol. The molecule has 1 heterocycles. The SMILES string of the molecule is CC[C@@H](CO)NC(=O)C1CCN(C(=O)N(C)C)CC1. The van der Waals surface area contributed by atoms with Gasteiger partial charge in [-0.1, -0.05) is 6.92 Å². The Hall–Kier alpha value is -1.30. The number of aliphatic hydroxyl groups excluding tert-OH is 1. The zero-order valence-corrected chi connectivity index (χ0v) is 12.1. The van der Waals surface area contributed by atoms with Gasteiger partial charge in [-0.25, -0.2) is 4.79 Å². The number of carbonyl (C=O) groups excluding carboxylic acids is 2. The van der Waals surface area contributed by atoms with Crippen molar-refractivity contribution in [1.29, 1.82) is 0 Å². The highest BCUT2D eigenvalue weighted by molar-refractivity contribution is 5.80. The molecule has 110 valence electrons. The van der Waals surface area contributed by atoms with Crippen molar-refractivity contribution in [2.45, 2.75) is 32.2 Å². The molecule has 6 nitrogen and oxygen atoms in total. The standard InChI is InChI=1S/C13H25N3O3/c1-4-11(9-17)14-12(18)10-5-7-16(8-6-10)13(19)15(2)3/h10-11,17H,4-9H2,1-3H3,(H,14,18)/t11-/m0/s1. The topological polar surface area (TPSA) is 72.9 Å². The number of nitrogens with zero attached hydrogens (tertiary/aromatic N) is 2. The van der Waals surface area contributed by atoms with E-state index < -0.39 is 0 Å². The number of carbonyl (C=O) groups is 2. The number of rotatable bonds is 4. The van der Waals surface area contributed by atoms with Gasteiger partial charge in [0.15, 0.2) is 0 Å². The summed E-state index contributed by atoms with van der Waals surface area (Å²) >= 11 is 0. The van der Waals surface area contributed by atoms with Gasteiger partial charge in [0.05, 0.1) is 12.6 Å². The minimum atomic E-state index is -0.158. The second-order valence-electron chi connectivity index (χ2n) is 5.23. The fourth-order valence-corrected chi connectivity index (χ4v) is 2.21. The average molecular weight is 271 g/mol. The summed E-state index contributed by atoms with van der Waals surface area (Å²) in [7, 11) is 3.46. The lowest BCUT2D eigenvalue weighted by Gasteiger charge is -2.33. The minimum Gasteiger partial charge on any atom is -0.394 e. The fourth-order valence-electron chi connectivity index (χ4n) is 2.21. The van der Waals surface area contributed by atoms with Gasteiger partial charge in [-0.15, -0.1) is 0 Å². The quantitative estimate of drug-likeness (QED) is 0.770. The van der Waals surface area contributed by atoms with Crippen molar-refractivity contribution in [3.05, 3.63) is 0 Å². The number of hydrogen-bond acceptors (Lipinski definition) is 3. The lowest BCUT2D eigenvalue weighted by atomic mass is 9.95. The van der Waals surface area contributed by atoms with Gasteiger partial charge >= 0.3 is 6.03 Å². The normalized spacial score (nSPS) is 18.0. The summed E-state index contributed by atoms with van der Waals surface area (Å²) in [5, 5.41) is 11.9.